The first-order valence-corrected chi connectivity index (χ1v) is 3.68. The Labute approximate surface area is 63.0 Å². The summed E-state index contributed by atoms with van der Waals surface area (Å²) in [5.74, 6) is -0.189. The van der Waals surface area contributed by atoms with E-state index in [1.54, 1.807) is 0 Å². The van der Waals surface area contributed by atoms with Crippen LogP contribution in [0.2, 0.25) is 0 Å². The molecule has 1 N–H and O–H groups in total. The standard InChI is InChI=1S/C8H16NO/c1-5-8(4,6-2)9-7(3)10/h3,5-6H2,1-2,4H3,(H,9,10). The lowest BCUT2D eigenvalue weighted by atomic mass is 9.96. The molecule has 0 rings (SSSR count). The molecule has 0 aromatic heterocycles. The predicted octanol–water partition coefficient (Wildman–Crippen LogP) is 1.52. The van der Waals surface area contributed by atoms with Gasteiger partial charge in [0.25, 0.3) is 0 Å². The third kappa shape index (κ3) is 2.85. The van der Waals surface area contributed by atoms with E-state index in [9.17, 15) is 4.79 Å². The van der Waals surface area contributed by atoms with Crippen LogP contribution in [0.3, 0.4) is 0 Å². The van der Waals surface area contributed by atoms with Gasteiger partial charge < -0.3 is 5.32 Å². The molecule has 0 aliphatic rings. The molecule has 0 aromatic rings. The molecule has 0 spiro atoms. The van der Waals surface area contributed by atoms with E-state index in [-0.39, 0.29) is 11.4 Å². The van der Waals surface area contributed by atoms with Gasteiger partial charge in [-0.1, -0.05) is 13.8 Å². The molecule has 10 heavy (non-hydrogen) atoms. The number of carbonyl (C=O) groups is 1. The van der Waals surface area contributed by atoms with Gasteiger partial charge >= 0.3 is 0 Å². The van der Waals surface area contributed by atoms with E-state index in [4.69, 9.17) is 0 Å². The average molecular weight is 142 g/mol. The normalized spacial score (nSPS) is 11.2. The third-order valence-corrected chi connectivity index (χ3v) is 2.00. The van der Waals surface area contributed by atoms with Crippen LogP contribution in [0.4, 0.5) is 0 Å². The molecular formula is C8H16NO. The minimum absolute atomic E-state index is 0.0567. The van der Waals surface area contributed by atoms with Crippen molar-refractivity contribution in [1.82, 2.24) is 5.32 Å². The highest BCUT2D eigenvalue weighted by Crippen LogP contribution is 2.12. The molecule has 0 fully saturated rings. The predicted molar refractivity (Wildman–Crippen MR) is 42.5 cm³/mol. The van der Waals surface area contributed by atoms with Gasteiger partial charge in [-0.3, -0.25) is 4.79 Å². The Kier molecular flexibility index (Phi) is 3.40. The van der Waals surface area contributed by atoms with Crippen LogP contribution in [0, 0.1) is 6.92 Å². The molecule has 0 aliphatic carbocycles. The first-order valence-electron chi connectivity index (χ1n) is 3.68. The lowest BCUT2D eigenvalue weighted by molar-refractivity contribution is -0.118. The number of rotatable bonds is 3. The van der Waals surface area contributed by atoms with E-state index in [0.717, 1.165) is 12.8 Å². The molecule has 0 bridgehead atoms. The van der Waals surface area contributed by atoms with E-state index in [0.29, 0.717) is 0 Å². The molecule has 0 saturated carbocycles. The summed E-state index contributed by atoms with van der Waals surface area (Å²) in [7, 11) is 0. The Morgan fingerprint density at radius 3 is 2.00 bits per heavy atom. The maximum absolute atomic E-state index is 10.6. The van der Waals surface area contributed by atoms with Crippen LogP contribution >= 0.6 is 0 Å². The van der Waals surface area contributed by atoms with Gasteiger partial charge in [-0.05, 0) is 19.8 Å². The van der Waals surface area contributed by atoms with Crippen LogP contribution in [0.15, 0.2) is 0 Å². The van der Waals surface area contributed by atoms with Gasteiger partial charge in [-0.25, -0.2) is 0 Å². The topological polar surface area (TPSA) is 29.1 Å². The zero-order valence-electron chi connectivity index (χ0n) is 7.03. The highest BCUT2D eigenvalue weighted by molar-refractivity contribution is 5.80. The number of hydrogen-bond donors (Lipinski definition) is 1. The Balaban J connectivity index is 3.92. The van der Waals surface area contributed by atoms with Crippen LogP contribution < -0.4 is 5.32 Å². The van der Waals surface area contributed by atoms with E-state index >= 15 is 0 Å². The van der Waals surface area contributed by atoms with Crippen molar-refractivity contribution in [3.8, 4) is 0 Å². The summed E-state index contributed by atoms with van der Waals surface area (Å²) < 4.78 is 0. The molecule has 0 heterocycles. The van der Waals surface area contributed by atoms with Crippen LogP contribution in [-0.2, 0) is 4.79 Å². The van der Waals surface area contributed by atoms with Crippen molar-refractivity contribution in [2.24, 2.45) is 0 Å². The Morgan fingerprint density at radius 2 is 1.90 bits per heavy atom. The van der Waals surface area contributed by atoms with E-state index < -0.39 is 0 Å². The lowest BCUT2D eigenvalue weighted by Gasteiger charge is -2.27. The number of amides is 1. The fourth-order valence-corrected chi connectivity index (χ4v) is 0.763. The second-order valence-electron chi connectivity index (χ2n) is 2.82. The van der Waals surface area contributed by atoms with E-state index in [1.165, 1.54) is 0 Å². The number of carbonyl (C=O) groups excluding carboxylic acids is 1. The van der Waals surface area contributed by atoms with Gasteiger partial charge in [0, 0.05) is 12.5 Å². The van der Waals surface area contributed by atoms with Crippen molar-refractivity contribution in [1.29, 1.82) is 0 Å². The largest absolute Gasteiger partial charge is 0.351 e. The quantitative estimate of drug-likeness (QED) is 0.636. The van der Waals surface area contributed by atoms with Crippen molar-refractivity contribution >= 4 is 5.91 Å². The van der Waals surface area contributed by atoms with Crippen LogP contribution in [0.1, 0.15) is 33.6 Å². The van der Waals surface area contributed by atoms with Crippen molar-refractivity contribution in [3.05, 3.63) is 6.92 Å². The molecular weight excluding hydrogens is 126 g/mol. The highest BCUT2D eigenvalue weighted by Gasteiger charge is 2.19. The summed E-state index contributed by atoms with van der Waals surface area (Å²) in [6.45, 7) is 9.40. The molecule has 2 heteroatoms. The Morgan fingerprint density at radius 1 is 1.50 bits per heavy atom. The summed E-state index contributed by atoms with van der Waals surface area (Å²) in [5, 5.41) is 2.81. The zero-order chi connectivity index (χ0) is 8.20. The van der Waals surface area contributed by atoms with Gasteiger partial charge in [0.2, 0.25) is 5.91 Å². The SMILES string of the molecule is [CH2]C(=O)NC(C)(CC)CC. The maximum Gasteiger partial charge on any atom is 0.220 e. The first kappa shape index (κ1) is 9.47. The molecule has 0 aliphatic heterocycles. The van der Waals surface area contributed by atoms with Crippen molar-refractivity contribution in [2.75, 3.05) is 0 Å². The van der Waals surface area contributed by atoms with Gasteiger partial charge in [-0.15, -0.1) is 0 Å². The molecule has 0 unspecified atom stereocenters. The van der Waals surface area contributed by atoms with Crippen molar-refractivity contribution in [3.63, 3.8) is 0 Å². The van der Waals surface area contributed by atoms with E-state index in [1.807, 2.05) is 6.92 Å². The molecule has 59 valence electrons. The second kappa shape index (κ2) is 3.59. The summed E-state index contributed by atoms with van der Waals surface area (Å²) in [6.07, 6.45) is 1.90. The number of hydrogen-bond acceptors (Lipinski definition) is 1. The van der Waals surface area contributed by atoms with Gasteiger partial charge in [0.15, 0.2) is 0 Å². The van der Waals surface area contributed by atoms with Gasteiger partial charge in [-0.2, -0.15) is 0 Å². The summed E-state index contributed by atoms with van der Waals surface area (Å²) >= 11 is 0. The van der Waals surface area contributed by atoms with Crippen LogP contribution in [0.5, 0.6) is 0 Å². The lowest BCUT2D eigenvalue weighted by Crippen LogP contribution is -2.43. The van der Waals surface area contributed by atoms with Gasteiger partial charge in [0.05, 0.1) is 0 Å². The fourth-order valence-electron chi connectivity index (χ4n) is 0.763. The molecule has 1 radical (unpaired) electrons. The third-order valence-electron chi connectivity index (χ3n) is 2.00. The highest BCUT2D eigenvalue weighted by atomic mass is 16.1. The summed E-state index contributed by atoms with van der Waals surface area (Å²) in [5.41, 5.74) is -0.0567. The number of nitrogens with one attached hydrogen (secondary N) is 1. The molecule has 0 saturated heterocycles. The Hall–Kier alpha value is -0.530. The smallest absolute Gasteiger partial charge is 0.220 e. The summed E-state index contributed by atoms with van der Waals surface area (Å²) in [4.78, 5) is 10.6. The molecule has 0 atom stereocenters. The zero-order valence-corrected chi connectivity index (χ0v) is 7.03. The first-order chi connectivity index (χ1) is 4.54. The average Bonchev–Trinajstić information content (AvgIpc) is 1.87. The van der Waals surface area contributed by atoms with E-state index in [2.05, 4.69) is 26.1 Å². The van der Waals surface area contributed by atoms with Gasteiger partial charge in [0.1, 0.15) is 0 Å². The molecule has 1 amide bonds. The fraction of sp³-hybridized carbons (Fsp3) is 0.750. The second-order valence-corrected chi connectivity index (χ2v) is 2.82. The van der Waals surface area contributed by atoms with Crippen molar-refractivity contribution in [2.45, 2.75) is 39.2 Å². The minimum atomic E-state index is -0.189. The van der Waals surface area contributed by atoms with Crippen molar-refractivity contribution < 1.29 is 4.79 Å². The molecule has 2 nitrogen and oxygen atoms in total. The van der Waals surface area contributed by atoms with Crippen LogP contribution in [0.25, 0.3) is 0 Å². The molecule has 0 aromatic carbocycles. The summed E-state index contributed by atoms with van der Waals surface area (Å²) in [6, 6.07) is 0. The maximum atomic E-state index is 10.6. The van der Waals surface area contributed by atoms with Crippen LogP contribution in [-0.4, -0.2) is 11.4 Å². The monoisotopic (exact) mass is 142 g/mol. The minimum Gasteiger partial charge on any atom is -0.351 e. The Bertz CT molecular complexity index is 116.